The number of amides is 1. The van der Waals surface area contributed by atoms with Crippen molar-refractivity contribution in [2.24, 2.45) is 0 Å². The van der Waals surface area contributed by atoms with Gasteiger partial charge in [-0.05, 0) is 48.9 Å². The molecule has 0 aliphatic rings. The number of carbonyl (C=O) groups is 1. The summed E-state index contributed by atoms with van der Waals surface area (Å²) in [5.41, 5.74) is 3.03. The van der Waals surface area contributed by atoms with Crippen molar-refractivity contribution in [1.82, 2.24) is 4.98 Å². The predicted octanol–water partition coefficient (Wildman–Crippen LogP) is 4.22. The summed E-state index contributed by atoms with van der Waals surface area (Å²) in [7, 11) is 0. The highest BCUT2D eigenvalue weighted by Gasteiger charge is 2.07. The Morgan fingerprint density at radius 1 is 0.958 bits per heavy atom. The third kappa shape index (κ3) is 4.20. The van der Waals surface area contributed by atoms with E-state index in [4.69, 9.17) is 4.74 Å². The number of aromatic nitrogens is 1. The second-order valence-electron chi connectivity index (χ2n) is 5.42. The summed E-state index contributed by atoms with van der Waals surface area (Å²) in [6, 6.07) is 22.6. The quantitative estimate of drug-likeness (QED) is 0.766. The number of ether oxygens (including phenoxy) is 1. The zero-order valence-corrected chi connectivity index (χ0v) is 13.4. The van der Waals surface area contributed by atoms with E-state index >= 15 is 0 Å². The van der Waals surface area contributed by atoms with E-state index in [1.807, 2.05) is 73.7 Å². The molecule has 4 heteroatoms. The van der Waals surface area contributed by atoms with E-state index in [9.17, 15) is 4.79 Å². The Bertz CT molecular complexity index is 815. The number of aryl methyl sites for hydroxylation is 1. The normalized spacial score (nSPS) is 10.2. The predicted molar refractivity (Wildman–Crippen MR) is 94.1 cm³/mol. The van der Waals surface area contributed by atoms with Crippen LogP contribution in [0.1, 0.15) is 21.7 Å². The number of hydrogen-bond donors (Lipinski definition) is 1. The third-order valence-corrected chi connectivity index (χ3v) is 3.48. The maximum Gasteiger partial charge on any atom is 0.274 e. The van der Waals surface area contributed by atoms with E-state index in [0.717, 1.165) is 17.0 Å². The first-order valence-electron chi connectivity index (χ1n) is 7.72. The molecule has 0 unspecified atom stereocenters. The summed E-state index contributed by atoms with van der Waals surface area (Å²) in [5.74, 6) is 0.530. The number of benzene rings is 2. The summed E-state index contributed by atoms with van der Waals surface area (Å²) < 4.78 is 5.73. The molecule has 0 atom stereocenters. The maximum absolute atomic E-state index is 12.2. The van der Waals surface area contributed by atoms with Gasteiger partial charge in [0.2, 0.25) is 0 Å². The molecule has 1 heterocycles. The summed E-state index contributed by atoms with van der Waals surface area (Å²) in [4.78, 5) is 16.4. The molecule has 24 heavy (non-hydrogen) atoms. The molecule has 0 saturated carbocycles. The smallest absolute Gasteiger partial charge is 0.274 e. The molecule has 0 aliphatic carbocycles. The van der Waals surface area contributed by atoms with Gasteiger partial charge in [-0.2, -0.15) is 0 Å². The Morgan fingerprint density at radius 2 is 1.71 bits per heavy atom. The van der Waals surface area contributed by atoms with E-state index in [-0.39, 0.29) is 5.91 Å². The minimum absolute atomic E-state index is 0.225. The number of hydrogen-bond acceptors (Lipinski definition) is 3. The van der Waals surface area contributed by atoms with Crippen LogP contribution in [0.3, 0.4) is 0 Å². The van der Waals surface area contributed by atoms with Crippen molar-refractivity contribution in [2.45, 2.75) is 13.5 Å². The molecule has 3 rings (SSSR count). The van der Waals surface area contributed by atoms with Crippen molar-refractivity contribution in [2.75, 3.05) is 5.32 Å². The third-order valence-electron chi connectivity index (χ3n) is 3.48. The lowest BCUT2D eigenvalue weighted by atomic mass is 10.2. The van der Waals surface area contributed by atoms with Crippen LogP contribution in [0.15, 0.2) is 72.8 Å². The first-order valence-corrected chi connectivity index (χ1v) is 7.72. The van der Waals surface area contributed by atoms with Crippen molar-refractivity contribution in [1.29, 1.82) is 0 Å². The van der Waals surface area contributed by atoms with Gasteiger partial charge in [0.15, 0.2) is 0 Å². The van der Waals surface area contributed by atoms with Crippen molar-refractivity contribution in [3.05, 3.63) is 89.7 Å². The molecular weight excluding hydrogens is 300 g/mol. The first kappa shape index (κ1) is 15.7. The lowest BCUT2D eigenvalue weighted by molar-refractivity contribution is 0.102. The molecule has 0 saturated heterocycles. The largest absolute Gasteiger partial charge is 0.489 e. The lowest BCUT2D eigenvalue weighted by Gasteiger charge is -2.08. The van der Waals surface area contributed by atoms with Gasteiger partial charge >= 0.3 is 0 Å². The number of nitrogens with one attached hydrogen (secondary N) is 1. The summed E-state index contributed by atoms with van der Waals surface area (Å²) in [6.07, 6.45) is 0. The Labute approximate surface area is 141 Å². The van der Waals surface area contributed by atoms with Crippen LogP contribution >= 0.6 is 0 Å². The van der Waals surface area contributed by atoms with Gasteiger partial charge in [0.25, 0.3) is 5.91 Å². The first-order chi connectivity index (χ1) is 11.7. The fourth-order valence-electron chi connectivity index (χ4n) is 2.24. The molecule has 0 bridgehead atoms. The number of anilines is 1. The molecule has 1 N–H and O–H groups in total. The topological polar surface area (TPSA) is 51.2 Å². The second-order valence-corrected chi connectivity index (χ2v) is 5.42. The van der Waals surface area contributed by atoms with Gasteiger partial charge < -0.3 is 10.1 Å². The van der Waals surface area contributed by atoms with Crippen LogP contribution in [0.4, 0.5) is 5.69 Å². The van der Waals surface area contributed by atoms with Crippen molar-refractivity contribution >= 4 is 11.6 Å². The standard InChI is InChI=1S/C20H18N2O2/c1-15-6-5-9-19(21-15)20(23)22-17-10-12-18(13-11-17)24-14-16-7-3-2-4-8-16/h2-13H,14H2,1H3,(H,22,23). The Hall–Kier alpha value is -3.14. The molecule has 3 aromatic rings. The van der Waals surface area contributed by atoms with Gasteiger partial charge in [0, 0.05) is 11.4 Å². The van der Waals surface area contributed by atoms with Crippen LogP contribution < -0.4 is 10.1 Å². The lowest BCUT2D eigenvalue weighted by Crippen LogP contribution is -2.13. The molecule has 2 aromatic carbocycles. The van der Waals surface area contributed by atoms with Crippen LogP contribution in [0.5, 0.6) is 5.75 Å². The molecule has 1 aromatic heterocycles. The monoisotopic (exact) mass is 318 g/mol. The fraction of sp³-hybridized carbons (Fsp3) is 0.100. The zero-order valence-electron chi connectivity index (χ0n) is 13.4. The van der Waals surface area contributed by atoms with E-state index < -0.39 is 0 Å². The van der Waals surface area contributed by atoms with Crippen LogP contribution in [0.25, 0.3) is 0 Å². The number of pyridine rings is 1. The summed E-state index contributed by atoms with van der Waals surface area (Å²) >= 11 is 0. The number of rotatable bonds is 5. The molecule has 1 amide bonds. The zero-order chi connectivity index (χ0) is 16.8. The van der Waals surface area contributed by atoms with Crippen molar-refractivity contribution < 1.29 is 9.53 Å². The van der Waals surface area contributed by atoms with Gasteiger partial charge in [0.05, 0.1) is 0 Å². The van der Waals surface area contributed by atoms with Gasteiger partial charge in [-0.3, -0.25) is 4.79 Å². The molecular formula is C20H18N2O2. The average molecular weight is 318 g/mol. The highest BCUT2D eigenvalue weighted by Crippen LogP contribution is 2.17. The van der Waals surface area contributed by atoms with E-state index in [1.54, 1.807) is 6.07 Å². The Morgan fingerprint density at radius 3 is 2.42 bits per heavy atom. The molecule has 4 nitrogen and oxygen atoms in total. The highest BCUT2D eigenvalue weighted by molar-refractivity contribution is 6.02. The van der Waals surface area contributed by atoms with E-state index in [2.05, 4.69) is 10.3 Å². The molecule has 0 spiro atoms. The van der Waals surface area contributed by atoms with Crippen LogP contribution in [0.2, 0.25) is 0 Å². The minimum Gasteiger partial charge on any atom is -0.489 e. The van der Waals surface area contributed by atoms with Crippen molar-refractivity contribution in [3.63, 3.8) is 0 Å². The molecule has 0 fully saturated rings. The van der Waals surface area contributed by atoms with Crippen LogP contribution in [0, 0.1) is 6.92 Å². The van der Waals surface area contributed by atoms with Gasteiger partial charge in [-0.15, -0.1) is 0 Å². The second kappa shape index (κ2) is 7.42. The van der Waals surface area contributed by atoms with Gasteiger partial charge in [-0.1, -0.05) is 36.4 Å². The number of carbonyl (C=O) groups excluding carboxylic acids is 1. The van der Waals surface area contributed by atoms with Crippen LogP contribution in [-0.4, -0.2) is 10.9 Å². The minimum atomic E-state index is -0.225. The maximum atomic E-state index is 12.2. The van der Waals surface area contributed by atoms with Gasteiger partial charge in [-0.25, -0.2) is 4.98 Å². The fourth-order valence-corrected chi connectivity index (χ4v) is 2.24. The highest BCUT2D eigenvalue weighted by atomic mass is 16.5. The average Bonchev–Trinajstić information content (AvgIpc) is 2.62. The van der Waals surface area contributed by atoms with Crippen LogP contribution in [-0.2, 0) is 6.61 Å². The molecule has 0 aliphatic heterocycles. The Kier molecular flexibility index (Phi) is 4.87. The SMILES string of the molecule is Cc1cccc(C(=O)Nc2ccc(OCc3ccccc3)cc2)n1. The molecule has 0 radical (unpaired) electrons. The summed E-state index contributed by atoms with van der Waals surface area (Å²) in [5, 5.41) is 2.83. The Balaban J connectivity index is 1.59. The number of nitrogens with zero attached hydrogens (tertiary/aromatic N) is 1. The van der Waals surface area contributed by atoms with E-state index in [0.29, 0.717) is 18.0 Å². The van der Waals surface area contributed by atoms with Crippen molar-refractivity contribution in [3.8, 4) is 5.75 Å². The van der Waals surface area contributed by atoms with Gasteiger partial charge in [0.1, 0.15) is 18.1 Å². The summed E-state index contributed by atoms with van der Waals surface area (Å²) in [6.45, 7) is 2.37. The van der Waals surface area contributed by atoms with E-state index in [1.165, 1.54) is 0 Å². The molecule has 120 valence electrons.